The van der Waals surface area contributed by atoms with Crippen LogP contribution in [0, 0.1) is 10.1 Å². The highest BCUT2D eigenvalue weighted by Crippen LogP contribution is 2.33. The van der Waals surface area contributed by atoms with Crippen molar-refractivity contribution in [1.29, 1.82) is 0 Å². The fourth-order valence-electron chi connectivity index (χ4n) is 1.67. The van der Waals surface area contributed by atoms with Crippen LogP contribution in [0.15, 0.2) is 41.0 Å². The third-order valence-electron chi connectivity index (χ3n) is 2.84. The van der Waals surface area contributed by atoms with Gasteiger partial charge in [-0.25, -0.2) is 0 Å². The minimum atomic E-state index is -0.608. The number of ether oxygens (including phenoxy) is 1. The summed E-state index contributed by atoms with van der Waals surface area (Å²) in [5.74, 6) is 0.762. The molecule has 6 nitrogen and oxygen atoms in total. The lowest BCUT2D eigenvalue weighted by atomic mass is 10.2. The number of benzene rings is 1. The van der Waals surface area contributed by atoms with Gasteiger partial charge in [-0.3, -0.25) is 15.1 Å². The second kappa shape index (κ2) is 6.64. The largest absolute Gasteiger partial charge is 0.454 e. The van der Waals surface area contributed by atoms with Gasteiger partial charge < -0.3 is 9.84 Å². The molecule has 0 bridgehead atoms. The number of aromatic nitrogens is 1. The van der Waals surface area contributed by atoms with Gasteiger partial charge in [-0.1, -0.05) is 6.92 Å². The zero-order chi connectivity index (χ0) is 15.4. The summed E-state index contributed by atoms with van der Waals surface area (Å²) in [6, 6.07) is 7.59. The molecule has 0 saturated heterocycles. The molecule has 0 saturated carbocycles. The number of nitrogens with zero attached hydrogens (tertiary/aromatic N) is 2. The Kier molecular flexibility index (Phi) is 4.87. The van der Waals surface area contributed by atoms with Gasteiger partial charge in [-0.15, -0.1) is 0 Å². The lowest BCUT2D eigenvalue weighted by Crippen LogP contribution is -1.98. The SMILES string of the molecule is CC[C@@H](O)c1ccc(Oc2cc([N+](=O)[O-])ccc2Br)cn1. The van der Waals surface area contributed by atoms with E-state index in [2.05, 4.69) is 20.9 Å². The van der Waals surface area contributed by atoms with Crippen molar-refractivity contribution in [3.8, 4) is 11.5 Å². The van der Waals surface area contributed by atoms with Crippen molar-refractivity contribution < 1.29 is 14.8 Å². The smallest absolute Gasteiger partial charge is 0.273 e. The van der Waals surface area contributed by atoms with E-state index < -0.39 is 11.0 Å². The molecule has 0 radical (unpaired) electrons. The predicted molar refractivity (Wildman–Crippen MR) is 80.4 cm³/mol. The van der Waals surface area contributed by atoms with Crippen LogP contribution in [0.1, 0.15) is 25.1 Å². The van der Waals surface area contributed by atoms with Crippen molar-refractivity contribution in [3.63, 3.8) is 0 Å². The number of nitro benzene ring substituents is 1. The van der Waals surface area contributed by atoms with E-state index in [1.807, 2.05) is 6.92 Å². The molecule has 1 heterocycles. The summed E-state index contributed by atoms with van der Waals surface area (Å²) in [4.78, 5) is 14.4. The van der Waals surface area contributed by atoms with Crippen LogP contribution in [-0.2, 0) is 0 Å². The van der Waals surface area contributed by atoms with Crippen molar-refractivity contribution in [2.24, 2.45) is 0 Å². The number of pyridine rings is 1. The van der Waals surface area contributed by atoms with E-state index in [0.717, 1.165) is 0 Å². The molecule has 0 unspecified atom stereocenters. The number of non-ortho nitro benzene ring substituents is 1. The number of hydrogen-bond acceptors (Lipinski definition) is 5. The highest BCUT2D eigenvalue weighted by Gasteiger charge is 2.12. The molecule has 110 valence electrons. The molecule has 1 aromatic carbocycles. The van der Waals surface area contributed by atoms with Gasteiger partial charge in [-0.05, 0) is 40.5 Å². The summed E-state index contributed by atoms with van der Waals surface area (Å²) in [6.07, 6.45) is 1.44. The second-order valence-corrected chi connectivity index (χ2v) is 5.17. The van der Waals surface area contributed by atoms with E-state index in [0.29, 0.717) is 28.1 Å². The van der Waals surface area contributed by atoms with Crippen molar-refractivity contribution in [1.82, 2.24) is 4.98 Å². The molecule has 0 spiro atoms. The monoisotopic (exact) mass is 352 g/mol. The fourth-order valence-corrected chi connectivity index (χ4v) is 2.00. The van der Waals surface area contributed by atoms with E-state index in [9.17, 15) is 15.2 Å². The molecule has 0 aliphatic carbocycles. The average molecular weight is 353 g/mol. The van der Waals surface area contributed by atoms with Crippen molar-refractivity contribution in [2.45, 2.75) is 19.4 Å². The van der Waals surface area contributed by atoms with Gasteiger partial charge in [0.2, 0.25) is 0 Å². The van der Waals surface area contributed by atoms with Crippen LogP contribution >= 0.6 is 15.9 Å². The summed E-state index contributed by atoms with van der Waals surface area (Å²) >= 11 is 3.28. The highest BCUT2D eigenvalue weighted by molar-refractivity contribution is 9.10. The van der Waals surface area contributed by atoms with E-state index >= 15 is 0 Å². The molecular formula is C14H13BrN2O4. The Morgan fingerprint density at radius 3 is 2.76 bits per heavy atom. The number of halogens is 1. The topological polar surface area (TPSA) is 85.5 Å². The van der Waals surface area contributed by atoms with Crippen LogP contribution in [-0.4, -0.2) is 15.0 Å². The molecule has 0 aliphatic rings. The summed E-state index contributed by atoms with van der Waals surface area (Å²) in [6.45, 7) is 1.86. The first-order valence-corrected chi connectivity index (χ1v) is 7.06. The van der Waals surface area contributed by atoms with Crippen LogP contribution in [0.3, 0.4) is 0 Å². The lowest BCUT2D eigenvalue weighted by Gasteiger charge is -2.10. The fraction of sp³-hybridized carbons (Fsp3) is 0.214. The zero-order valence-corrected chi connectivity index (χ0v) is 12.8. The minimum Gasteiger partial charge on any atom is -0.454 e. The molecule has 21 heavy (non-hydrogen) atoms. The second-order valence-electron chi connectivity index (χ2n) is 4.32. The van der Waals surface area contributed by atoms with Crippen molar-refractivity contribution in [3.05, 3.63) is 56.8 Å². The molecule has 0 amide bonds. The summed E-state index contributed by atoms with van der Waals surface area (Å²) in [7, 11) is 0. The quantitative estimate of drug-likeness (QED) is 0.649. The highest BCUT2D eigenvalue weighted by atomic mass is 79.9. The standard InChI is InChI=1S/C14H13BrN2O4/c1-2-13(18)12-6-4-10(8-16-12)21-14-7-9(17(19)20)3-5-11(14)15/h3-8,13,18H,2H2,1H3/t13-/m1/s1. The molecule has 1 aromatic heterocycles. The van der Waals surface area contributed by atoms with Gasteiger partial charge in [0.25, 0.3) is 5.69 Å². The summed E-state index contributed by atoms with van der Waals surface area (Å²) < 4.78 is 6.18. The van der Waals surface area contributed by atoms with E-state index in [1.54, 1.807) is 18.2 Å². The first-order valence-electron chi connectivity index (χ1n) is 6.27. The van der Waals surface area contributed by atoms with Gasteiger partial charge in [0, 0.05) is 6.07 Å². The Labute approximate surface area is 129 Å². The maximum atomic E-state index is 10.8. The van der Waals surface area contributed by atoms with Crippen LogP contribution in [0.25, 0.3) is 0 Å². The maximum Gasteiger partial charge on any atom is 0.273 e. The normalized spacial score (nSPS) is 12.0. The average Bonchev–Trinajstić information content (AvgIpc) is 2.49. The van der Waals surface area contributed by atoms with Gasteiger partial charge in [0.15, 0.2) is 0 Å². The molecule has 2 aromatic rings. The van der Waals surface area contributed by atoms with Gasteiger partial charge in [0.1, 0.15) is 11.5 Å². The first-order chi connectivity index (χ1) is 10.0. The Morgan fingerprint density at radius 2 is 2.19 bits per heavy atom. The van der Waals surface area contributed by atoms with Crippen molar-refractivity contribution in [2.75, 3.05) is 0 Å². The lowest BCUT2D eigenvalue weighted by molar-refractivity contribution is -0.384. The maximum absolute atomic E-state index is 10.8. The Bertz CT molecular complexity index is 646. The molecule has 1 atom stereocenters. The molecule has 0 fully saturated rings. The van der Waals surface area contributed by atoms with E-state index in [-0.39, 0.29) is 5.69 Å². The molecule has 1 N–H and O–H groups in total. The first kappa shape index (κ1) is 15.4. The third-order valence-corrected chi connectivity index (χ3v) is 3.50. The number of nitro groups is 1. The molecule has 0 aliphatic heterocycles. The molecule has 7 heteroatoms. The van der Waals surface area contributed by atoms with Gasteiger partial charge in [0.05, 0.1) is 33.5 Å². The minimum absolute atomic E-state index is 0.0563. The summed E-state index contributed by atoms with van der Waals surface area (Å²) in [5, 5.41) is 20.4. The van der Waals surface area contributed by atoms with E-state index in [4.69, 9.17) is 4.74 Å². The van der Waals surface area contributed by atoms with Crippen LogP contribution in [0.5, 0.6) is 11.5 Å². The van der Waals surface area contributed by atoms with Gasteiger partial charge in [-0.2, -0.15) is 0 Å². The Balaban J connectivity index is 2.22. The van der Waals surface area contributed by atoms with Crippen LogP contribution in [0.4, 0.5) is 5.69 Å². The number of aliphatic hydroxyl groups is 1. The predicted octanol–water partition coefficient (Wildman–Crippen LogP) is 3.99. The van der Waals surface area contributed by atoms with Crippen molar-refractivity contribution >= 4 is 21.6 Å². The van der Waals surface area contributed by atoms with E-state index in [1.165, 1.54) is 18.3 Å². The Morgan fingerprint density at radius 1 is 1.43 bits per heavy atom. The number of aliphatic hydroxyl groups excluding tert-OH is 1. The van der Waals surface area contributed by atoms with Gasteiger partial charge >= 0.3 is 0 Å². The number of rotatable bonds is 5. The zero-order valence-electron chi connectivity index (χ0n) is 11.2. The Hall–Kier alpha value is -1.99. The molecular weight excluding hydrogens is 340 g/mol. The third kappa shape index (κ3) is 3.77. The van der Waals surface area contributed by atoms with Crippen LogP contribution < -0.4 is 4.74 Å². The molecule has 2 rings (SSSR count). The number of hydrogen-bond donors (Lipinski definition) is 1. The van der Waals surface area contributed by atoms with Crippen LogP contribution in [0.2, 0.25) is 0 Å². The summed E-state index contributed by atoms with van der Waals surface area (Å²) in [5.41, 5.74) is 0.502.